The van der Waals surface area contributed by atoms with Crippen LogP contribution < -0.4 is 19.6 Å². The second-order valence-corrected chi connectivity index (χ2v) is 7.02. The molecule has 31 heavy (non-hydrogen) atoms. The maximum Gasteiger partial charge on any atom is 0.244 e. The van der Waals surface area contributed by atoms with Crippen molar-refractivity contribution in [3.8, 4) is 17.2 Å². The molecule has 0 aliphatic rings. The van der Waals surface area contributed by atoms with Gasteiger partial charge >= 0.3 is 0 Å². The summed E-state index contributed by atoms with van der Waals surface area (Å²) < 4.78 is 16.2. The molecular formula is C24H23ClN2O4. The van der Waals surface area contributed by atoms with Crippen LogP contribution in [0.15, 0.2) is 71.8 Å². The minimum Gasteiger partial charge on any atom is -0.493 e. The molecule has 0 radical (unpaired) electrons. The van der Waals surface area contributed by atoms with Gasteiger partial charge in [-0.1, -0.05) is 35.9 Å². The van der Waals surface area contributed by atoms with Crippen molar-refractivity contribution < 1.29 is 19.0 Å². The predicted molar refractivity (Wildman–Crippen MR) is 121 cm³/mol. The Morgan fingerprint density at radius 2 is 1.74 bits per heavy atom. The SMILES string of the molecule is COc1ccc(CC(=O)NN=Cc2ccc(OCc3ccccc3Cl)cc2)cc1OC. The zero-order valence-electron chi connectivity index (χ0n) is 17.3. The number of hydrogen-bond donors (Lipinski definition) is 1. The number of halogens is 1. The van der Waals surface area contributed by atoms with Gasteiger partial charge in [-0.05, 0) is 53.6 Å². The first-order chi connectivity index (χ1) is 15.1. The normalized spacial score (nSPS) is 10.7. The Bertz CT molecular complexity index is 1050. The molecule has 7 heteroatoms. The molecule has 3 aromatic carbocycles. The molecule has 0 saturated heterocycles. The van der Waals surface area contributed by atoms with Gasteiger partial charge in [-0.3, -0.25) is 4.79 Å². The van der Waals surface area contributed by atoms with Gasteiger partial charge in [0.05, 0.1) is 26.9 Å². The zero-order chi connectivity index (χ0) is 22.1. The summed E-state index contributed by atoms with van der Waals surface area (Å²) in [6.07, 6.45) is 1.75. The summed E-state index contributed by atoms with van der Waals surface area (Å²) in [5.74, 6) is 1.68. The van der Waals surface area contributed by atoms with Gasteiger partial charge in [0.15, 0.2) is 11.5 Å². The monoisotopic (exact) mass is 438 g/mol. The van der Waals surface area contributed by atoms with E-state index in [1.54, 1.807) is 32.6 Å². The van der Waals surface area contributed by atoms with Crippen LogP contribution in [-0.4, -0.2) is 26.3 Å². The molecule has 0 atom stereocenters. The quantitative estimate of drug-likeness (QED) is 0.390. The number of carbonyl (C=O) groups is 1. The largest absolute Gasteiger partial charge is 0.493 e. The first kappa shape index (κ1) is 22.2. The number of benzene rings is 3. The molecule has 0 unspecified atom stereocenters. The molecule has 0 aliphatic heterocycles. The second kappa shape index (κ2) is 11.0. The molecule has 0 fully saturated rings. The lowest BCUT2D eigenvalue weighted by atomic mass is 10.1. The van der Waals surface area contributed by atoms with E-state index < -0.39 is 0 Å². The first-order valence-electron chi connectivity index (χ1n) is 9.58. The van der Waals surface area contributed by atoms with E-state index in [-0.39, 0.29) is 12.3 Å². The molecule has 0 spiro atoms. The fourth-order valence-corrected chi connectivity index (χ4v) is 3.01. The highest BCUT2D eigenvalue weighted by molar-refractivity contribution is 6.31. The maximum atomic E-state index is 12.1. The highest BCUT2D eigenvalue weighted by Gasteiger charge is 2.08. The van der Waals surface area contributed by atoms with E-state index in [2.05, 4.69) is 10.5 Å². The van der Waals surface area contributed by atoms with Crippen LogP contribution in [0.25, 0.3) is 0 Å². The molecule has 160 valence electrons. The molecule has 0 heterocycles. The number of nitrogens with zero attached hydrogens (tertiary/aromatic N) is 1. The lowest BCUT2D eigenvalue weighted by Crippen LogP contribution is -2.19. The van der Waals surface area contributed by atoms with E-state index in [0.29, 0.717) is 23.1 Å². The van der Waals surface area contributed by atoms with Gasteiger partial charge < -0.3 is 14.2 Å². The van der Waals surface area contributed by atoms with Crippen LogP contribution in [0.5, 0.6) is 17.2 Å². The van der Waals surface area contributed by atoms with Crippen molar-refractivity contribution in [2.45, 2.75) is 13.0 Å². The van der Waals surface area contributed by atoms with Crippen molar-refractivity contribution in [1.29, 1.82) is 0 Å². The number of amides is 1. The maximum absolute atomic E-state index is 12.1. The van der Waals surface area contributed by atoms with Crippen LogP contribution in [0.1, 0.15) is 16.7 Å². The van der Waals surface area contributed by atoms with E-state index >= 15 is 0 Å². The fourth-order valence-electron chi connectivity index (χ4n) is 2.82. The highest BCUT2D eigenvalue weighted by atomic mass is 35.5. The van der Waals surface area contributed by atoms with Gasteiger partial charge in [-0.15, -0.1) is 0 Å². The standard InChI is InChI=1S/C24H23ClN2O4/c1-29-22-12-9-18(13-23(22)30-2)14-24(28)27-26-15-17-7-10-20(11-8-17)31-16-19-5-3-4-6-21(19)25/h3-13,15H,14,16H2,1-2H3,(H,27,28). The number of carbonyl (C=O) groups excluding carboxylic acids is 1. The van der Waals surface area contributed by atoms with Gasteiger partial charge in [0.1, 0.15) is 12.4 Å². The topological polar surface area (TPSA) is 69.2 Å². The summed E-state index contributed by atoms with van der Waals surface area (Å²) in [6.45, 7) is 0.388. The lowest BCUT2D eigenvalue weighted by Gasteiger charge is -2.09. The highest BCUT2D eigenvalue weighted by Crippen LogP contribution is 2.27. The number of nitrogens with one attached hydrogen (secondary N) is 1. The summed E-state index contributed by atoms with van der Waals surface area (Å²) in [5.41, 5.74) is 5.08. The van der Waals surface area contributed by atoms with Crippen molar-refractivity contribution in [2.24, 2.45) is 5.10 Å². The Morgan fingerprint density at radius 3 is 2.45 bits per heavy atom. The number of hydrogen-bond acceptors (Lipinski definition) is 5. The van der Waals surface area contributed by atoms with Crippen molar-refractivity contribution >= 4 is 23.7 Å². The van der Waals surface area contributed by atoms with Crippen LogP contribution >= 0.6 is 11.6 Å². The summed E-state index contributed by atoms with van der Waals surface area (Å²) >= 11 is 6.13. The van der Waals surface area contributed by atoms with E-state index in [1.165, 1.54) is 0 Å². The van der Waals surface area contributed by atoms with E-state index in [0.717, 1.165) is 22.4 Å². The van der Waals surface area contributed by atoms with Crippen molar-refractivity contribution in [3.05, 3.63) is 88.4 Å². The zero-order valence-corrected chi connectivity index (χ0v) is 18.1. The summed E-state index contributed by atoms with van der Waals surface area (Å²) in [5, 5.41) is 4.69. The molecule has 1 N–H and O–H groups in total. The van der Waals surface area contributed by atoms with Gasteiger partial charge in [0.25, 0.3) is 0 Å². The average Bonchev–Trinajstić information content (AvgIpc) is 2.79. The minimum absolute atomic E-state index is 0.173. The van der Waals surface area contributed by atoms with Gasteiger partial charge in [-0.25, -0.2) is 5.43 Å². The van der Waals surface area contributed by atoms with Crippen LogP contribution in [0.2, 0.25) is 5.02 Å². The molecule has 6 nitrogen and oxygen atoms in total. The lowest BCUT2D eigenvalue weighted by molar-refractivity contribution is -0.120. The summed E-state index contributed by atoms with van der Waals surface area (Å²) in [6, 6.07) is 20.3. The summed E-state index contributed by atoms with van der Waals surface area (Å²) in [7, 11) is 3.12. The van der Waals surface area contributed by atoms with Gasteiger partial charge in [0.2, 0.25) is 5.91 Å². The number of ether oxygens (including phenoxy) is 3. The Morgan fingerprint density at radius 1 is 1.00 bits per heavy atom. The van der Waals surface area contributed by atoms with Crippen LogP contribution in [0.4, 0.5) is 0 Å². The molecule has 1 amide bonds. The molecule has 0 aliphatic carbocycles. The van der Waals surface area contributed by atoms with Crippen molar-refractivity contribution in [3.63, 3.8) is 0 Å². The van der Waals surface area contributed by atoms with Crippen LogP contribution in [-0.2, 0) is 17.8 Å². The number of rotatable bonds is 9. The minimum atomic E-state index is -0.233. The number of methoxy groups -OCH3 is 2. The summed E-state index contributed by atoms with van der Waals surface area (Å²) in [4.78, 5) is 12.1. The second-order valence-electron chi connectivity index (χ2n) is 6.61. The molecule has 3 aromatic rings. The van der Waals surface area contributed by atoms with Gasteiger partial charge in [0, 0.05) is 10.6 Å². The molecule has 3 rings (SSSR count). The Kier molecular flexibility index (Phi) is 7.90. The molecule has 0 saturated carbocycles. The smallest absolute Gasteiger partial charge is 0.244 e. The first-order valence-corrected chi connectivity index (χ1v) is 9.96. The van der Waals surface area contributed by atoms with E-state index in [9.17, 15) is 4.79 Å². The molecule has 0 bridgehead atoms. The Hall–Kier alpha value is -3.51. The van der Waals surface area contributed by atoms with E-state index in [1.807, 2.05) is 54.6 Å². The van der Waals surface area contributed by atoms with Crippen LogP contribution in [0.3, 0.4) is 0 Å². The third kappa shape index (κ3) is 6.49. The average molecular weight is 439 g/mol. The number of hydrazone groups is 1. The molecule has 0 aromatic heterocycles. The molecular weight excluding hydrogens is 416 g/mol. The van der Waals surface area contributed by atoms with Crippen LogP contribution in [0, 0.1) is 0 Å². The Balaban J connectivity index is 1.49. The van der Waals surface area contributed by atoms with Crippen molar-refractivity contribution in [1.82, 2.24) is 5.43 Å². The van der Waals surface area contributed by atoms with E-state index in [4.69, 9.17) is 25.8 Å². The fraction of sp³-hybridized carbons (Fsp3) is 0.167. The third-order valence-electron chi connectivity index (χ3n) is 4.45. The van der Waals surface area contributed by atoms with Crippen molar-refractivity contribution in [2.75, 3.05) is 14.2 Å². The van der Waals surface area contributed by atoms with Gasteiger partial charge in [-0.2, -0.15) is 5.10 Å². The Labute approximate surface area is 186 Å². The third-order valence-corrected chi connectivity index (χ3v) is 4.82. The predicted octanol–water partition coefficient (Wildman–Crippen LogP) is 4.63.